The van der Waals surface area contributed by atoms with Gasteiger partial charge in [0.15, 0.2) is 0 Å². The normalized spacial score (nSPS) is 11.3. The van der Waals surface area contributed by atoms with Gasteiger partial charge in [0.1, 0.15) is 85.6 Å². The van der Waals surface area contributed by atoms with Gasteiger partial charge >= 0.3 is 0 Å². The van der Waals surface area contributed by atoms with Crippen molar-refractivity contribution in [1.82, 2.24) is 0 Å². The van der Waals surface area contributed by atoms with Crippen LogP contribution >= 0.6 is 0 Å². The van der Waals surface area contributed by atoms with Crippen LogP contribution in [-0.4, -0.2) is 244 Å². The molecular formula is C83H132O24. The van der Waals surface area contributed by atoms with Gasteiger partial charge in [0.25, 0.3) is 0 Å². The molecule has 0 atom stereocenters. The van der Waals surface area contributed by atoms with Crippen LogP contribution in [0.4, 0.5) is 0 Å². The summed E-state index contributed by atoms with van der Waals surface area (Å²) in [6, 6.07) is 20.8. The maximum Gasteiger partial charge on any atom is 0.148 e. The molecule has 0 saturated carbocycles. The Morgan fingerprint density at radius 2 is 0.523 bits per heavy atom. The average molecular weight is 1510 g/mol. The van der Waals surface area contributed by atoms with E-state index in [1.807, 2.05) is 54.6 Å². The summed E-state index contributed by atoms with van der Waals surface area (Å²) in [5.74, 6) is 6.87. The lowest BCUT2D eigenvalue weighted by atomic mass is 10.00. The molecule has 0 amide bonds. The molecule has 0 spiro atoms. The van der Waals surface area contributed by atoms with Crippen molar-refractivity contribution in [2.45, 2.75) is 136 Å². The van der Waals surface area contributed by atoms with Crippen molar-refractivity contribution in [2.75, 3.05) is 239 Å². The maximum absolute atomic E-state index is 10.6. The number of benzene rings is 4. The van der Waals surface area contributed by atoms with Crippen molar-refractivity contribution in [1.29, 1.82) is 0 Å². The van der Waals surface area contributed by atoms with Crippen molar-refractivity contribution in [2.24, 2.45) is 0 Å². The van der Waals surface area contributed by atoms with E-state index in [1.165, 1.54) is 77.0 Å². The summed E-state index contributed by atoms with van der Waals surface area (Å²) >= 11 is 0. The molecule has 0 unspecified atom stereocenters. The zero-order valence-electron chi connectivity index (χ0n) is 65.5. The van der Waals surface area contributed by atoms with Gasteiger partial charge < -0.3 is 114 Å². The van der Waals surface area contributed by atoms with E-state index in [1.54, 1.807) is 33.5 Å². The molecule has 0 aliphatic rings. The van der Waals surface area contributed by atoms with Gasteiger partial charge in [0.05, 0.1) is 204 Å². The van der Waals surface area contributed by atoms with Crippen LogP contribution in [0.15, 0.2) is 66.7 Å². The highest BCUT2D eigenvalue weighted by Gasteiger charge is 2.20. The molecule has 0 bridgehead atoms. The van der Waals surface area contributed by atoms with E-state index in [-0.39, 0.29) is 39.6 Å². The highest BCUT2D eigenvalue weighted by atomic mass is 16.6. The number of methoxy groups -OCH3 is 3. The summed E-state index contributed by atoms with van der Waals surface area (Å²) in [4.78, 5) is 0. The Morgan fingerprint density at radius 1 is 0.262 bits per heavy atom. The Hall–Kier alpha value is -5.80. The van der Waals surface area contributed by atoms with Gasteiger partial charge in [0.2, 0.25) is 0 Å². The van der Waals surface area contributed by atoms with E-state index < -0.39 is 0 Å². The number of aliphatic hydroxyl groups excluding tert-OH is 1. The minimum absolute atomic E-state index is 0.0606. The summed E-state index contributed by atoms with van der Waals surface area (Å²) in [7, 11) is 4.93. The minimum Gasteiger partial charge on any atom is -0.493 e. The third-order valence-electron chi connectivity index (χ3n) is 16.1. The molecule has 0 heterocycles. The van der Waals surface area contributed by atoms with Crippen LogP contribution in [0.5, 0.6) is 46.0 Å². The smallest absolute Gasteiger partial charge is 0.148 e. The predicted molar refractivity (Wildman–Crippen MR) is 412 cm³/mol. The lowest BCUT2D eigenvalue weighted by molar-refractivity contribution is -0.00979. The first-order valence-electron chi connectivity index (χ1n) is 39.0. The molecule has 0 aliphatic heterocycles. The summed E-state index contributed by atoms with van der Waals surface area (Å²) in [5.41, 5.74) is 3.33. The van der Waals surface area contributed by atoms with Crippen LogP contribution in [0.2, 0.25) is 0 Å². The summed E-state index contributed by atoms with van der Waals surface area (Å²) in [5, 5.41) is 10.6. The van der Waals surface area contributed by atoms with E-state index in [4.69, 9.17) is 115 Å². The standard InChI is InChI=1S/C83H132O24/c1-7-10-12-14-16-18-20-22-25-100-75-57-72(59-77(65-75)102-54-51-97-48-45-94-42-39-91-36-33-88-30-27-85-4)69-106-79-63-74(83-81(104-24-9-3)61-71(68-84)62-82(83)105-56-53-99-50-47-96-44-41-93-38-35-90-32-29-87-6)64-80(67-79)107-70-73-58-76(101-26-23-21-19-17-15-13-11-8-2)66-78(60-73)103-55-52-98-49-46-95-43-40-92-37-34-89-31-28-86-5/h3,57-67,84H,7-8,10-56,68-70H2,1-2,4-6H3. The Bertz CT molecular complexity index is 2620. The van der Waals surface area contributed by atoms with Gasteiger partial charge in [-0.1, -0.05) is 110 Å². The summed E-state index contributed by atoms with van der Waals surface area (Å²) < 4.78 is 135. The molecule has 0 saturated heterocycles. The number of aliphatic hydroxyl groups is 1. The maximum atomic E-state index is 10.6. The lowest BCUT2D eigenvalue weighted by Crippen LogP contribution is -2.14. The number of terminal acetylenes is 1. The first-order valence-corrected chi connectivity index (χ1v) is 39.0. The fraction of sp³-hybridized carbons (Fsp3) is 0.687. The largest absolute Gasteiger partial charge is 0.493 e. The minimum atomic E-state index is -0.293. The van der Waals surface area contributed by atoms with Gasteiger partial charge in [-0.2, -0.15) is 0 Å². The molecule has 24 nitrogen and oxygen atoms in total. The second kappa shape index (κ2) is 68.2. The average Bonchev–Trinajstić information content (AvgIpc) is 0.791. The number of hydrogen-bond acceptors (Lipinski definition) is 24. The first-order chi connectivity index (χ1) is 52.9. The predicted octanol–water partition coefficient (Wildman–Crippen LogP) is 13.3. The van der Waals surface area contributed by atoms with Crippen LogP contribution in [0.3, 0.4) is 0 Å². The van der Waals surface area contributed by atoms with Crippen LogP contribution in [0.1, 0.15) is 133 Å². The van der Waals surface area contributed by atoms with Gasteiger partial charge in [-0.25, -0.2) is 0 Å². The Kier molecular flexibility index (Phi) is 59.7. The second-order valence-electron chi connectivity index (χ2n) is 25.0. The number of rotatable bonds is 78. The first kappa shape index (κ1) is 93.6. The third-order valence-corrected chi connectivity index (χ3v) is 16.1. The molecule has 4 rings (SSSR count). The Morgan fingerprint density at radius 3 is 0.822 bits per heavy atom. The van der Waals surface area contributed by atoms with E-state index in [0.717, 1.165) is 36.8 Å². The highest BCUT2D eigenvalue weighted by Crippen LogP contribution is 2.43. The van der Waals surface area contributed by atoms with Crippen molar-refractivity contribution in [3.8, 4) is 69.5 Å². The van der Waals surface area contributed by atoms with E-state index in [9.17, 15) is 5.11 Å². The summed E-state index contributed by atoms with van der Waals surface area (Å²) in [6.07, 6.45) is 24.8. The van der Waals surface area contributed by atoms with Crippen LogP contribution in [0, 0.1) is 12.3 Å². The molecule has 1 N–H and O–H groups in total. The zero-order chi connectivity index (χ0) is 76.0. The topological polar surface area (TPSA) is 233 Å². The van der Waals surface area contributed by atoms with Gasteiger partial charge in [-0.3, -0.25) is 0 Å². The molecule has 24 heteroatoms. The molecule has 4 aromatic carbocycles. The molecule has 0 aliphatic carbocycles. The molecule has 608 valence electrons. The van der Waals surface area contributed by atoms with E-state index in [2.05, 4.69) is 19.8 Å². The highest BCUT2D eigenvalue weighted by molar-refractivity contribution is 5.79. The third kappa shape index (κ3) is 49.9. The Labute approximate surface area is 640 Å². The molecule has 0 aromatic heterocycles. The number of unbranched alkanes of at least 4 members (excludes halogenated alkanes) is 14. The second-order valence-corrected chi connectivity index (χ2v) is 25.0. The quantitative estimate of drug-likeness (QED) is 0.0320. The van der Waals surface area contributed by atoms with Gasteiger partial charge in [0, 0.05) is 39.5 Å². The van der Waals surface area contributed by atoms with E-state index >= 15 is 0 Å². The van der Waals surface area contributed by atoms with Gasteiger partial charge in [-0.15, -0.1) is 6.42 Å². The fourth-order valence-electron chi connectivity index (χ4n) is 10.6. The van der Waals surface area contributed by atoms with Gasteiger partial charge in [-0.05, 0) is 83.6 Å². The molecule has 0 radical (unpaired) electrons. The monoisotopic (exact) mass is 1510 g/mol. The van der Waals surface area contributed by atoms with Crippen molar-refractivity contribution in [3.05, 3.63) is 83.4 Å². The number of hydrogen-bond donors (Lipinski definition) is 1. The van der Waals surface area contributed by atoms with Crippen LogP contribution < -0.4 is 37.9 Å². The molecule has 4 aromatic rings. The van der Waals surface area contributed by atoms with Crippen molar-refractivity contribution in [3.63, 3.8) is 0 Å². The van der Waals surface area contributed by atoms with Crippen molar-refractivity contribution < 1.29 is 114 Å². The SMILES string of the molecule is C#CCOc1cc(CO)cc(OCCOCCOCCOCCOCCOC)c1-c1cc(OCc2cc(OCCCCCCCCCC)cc(OCCOCCOCCOCCOCCOC)c2)cc(OCc2cc(OCCCCCCCCCC)cc(OCCOCCOCCOCCOCCOC)c2)c1. The number of ether oxygens (including phenoxy) is 23. The molecule has 0 fully saturated rings. The molecule has 107 heavy (non-hydrogen) atoms. The zero-order valence-corrected chi connectivity index (χ0v) is 65.5. The summed E-state index contributed by atoms with van der Waals surface area (Å²) in [6.45, 7) is 18.3. The lowest BCUT2D eigenvalue weighted by Gasteiger charge is -2.20. The molecular weight excluding hydrogens is 1380 g/mol. The fourth-order valence-corrected chi connectivity index (χ4v) is 10.6. The van der Waals surface area contributed by atoms with Crippen molar-refractivity contribution >= 4 is 0 Å². The van der Waals surface area contributed by atoms with Crippen LogP contribution in [0.25, 0.3) is 11.1 Å². The van der Waals surface area contributed by atoms with E-state index in [0.29, 0.717) is 261 Å². The Balaban J connectivity index is 1.60. The van der Waals surface area contributed by atoms with Crippen LogP contribution in [-0.2, 0) is 90.9 Å².